The van der Waals surface area contributed by atoms with Gasteiger partial charge in [-0.25, -0.2) is 9.59 Å². The van der Waals surface area contributed by atoms with Gasteiger partial charge >= 0.3 is 12.0 Å². The lowest BCUT2D eigenvalue weighted by Crippen LogP contribution is -2.45. The summed E-state index contributed by atoms with van der Waals surface area (Å²) in [5.74, 6) is 0.141. The molecule has 7 heteroatoms. The highest BCUT2D eigenvalue weighted by Gasteiger charge is 2.32. The predicted molar refractivity (Wildman–Crippen MR) is 116 cm³/mol. The van der Waals surface area contributed by atoms with Crippen LogP contribution in [0.5, 0.6) is 5.75 Å². The summed E-state index contributed by atoms with van der Waals surface area (Å²) in [6.07, 6.45) is 0.0571. The van der Waals surface area contributed by atoms with Gasteiger partial charge in [0, 0.05) is 5.70 Å². The predicted octanol–water partition coefficient (Wildman–Crippen LogP) is 3.86. The van der Waals surface area contributed by atoms with Crippen LogP contribution in [0.1, 0.15) is 37.9 Å². The van der Waals surface area contributed by atoms with E-state index in [1.165, 1.54) is 0 Å². The first-order chi connectivity index (χ1) is 14.9. The summed E-state index contributed by atoms with van der Waals surface area (Å²) >= 11 is 0. The van der Waals surface area contributed by atoms with Crippen LogP contribution in [0.15, 0.2) is 65.9 Å². The zero-order chi connectivity index (χ0) is 22.2. The van der Waals surface area contributed by atoms with Crippen molar-refractivity contribution >= 4 is 12.0 Å². The van der Waals surface area contributed by atoms with Crippen LogP contribution in [0, 0.1) is 0 Å². The highest BCUT2D eigenvalue weighted by molar-refractivity contribution is 5.95. The minimum absolute atomic E-state index is 0.0571. The van der Waals surface area contributed by atoms with Crippen molar-refractivity contribution in [2.75, 3.05) is 13.2 Å². The molecule has 1 heterocycles. The van der Waals surface area contributed by atoms with Gasteiger partial charge in [0.15, 0.2) is 0 Å². The van der Waals surface area contributed by atoms with Crippen LogP contribution < -0.4 is 15.4 Å². The lowest BCUT2D eigenvalue weighted by Gasteiger charge is -2.28. The normalized spacial score (nSPS) is 16.0. The van der Waals surface area contributed by atoms with Crippen LogP contribution in [0.3, 0.4) is 0 Å². The summed E-state index contributed by atoms with van der Waals surface area (Å²) in [5.41, 5.74) is 2.58. The molecule has 3 rings (SSSR count). The first-order valence-electron chi connectivity index (χ1n) is 10.3. The average Bonchev–Trinajstić information content (AvgIpc) is 2.75. The molecule has 0 saturated heterocycles. The smallest absolute Gasteiger partial charge is 0.338 e. The third-order valence-electron chi connectivity index (χ3n) is 4.70. The summed E-state index contributed by atoms with van der Waals surface area (Å²) < 4.78 is 16.7. The number of benzene rings is 2. The van der Waals surface area contributed by atoms with Gasteiger partial charge in [0.05, 0.1) is 24.3 Å². The number of carbonyl (C=O) groups is 2. The van der Waals surface area contributed by atoms with E-state index in [2.05, 4.69) is 10.6 Å². The van der Waals surface area contributed by atoms with E-state index in [1.807, 2.05) is 68.4 Å². The van der Waals surface area contributed by atoms with E-state index in [1.54, 1.807) is 6.92 Å². The molecule has 2 aromatic carbocycles. The number of carbonyl (C=O) groups excluding carboxylic acids is 2. The van der Waals surface area contributed by atoms with E-state index in [-0.39, 0.29) is 18.7 Å². The molecule has 0 fully saturated rings. The average molecular weight is 424 g/mol. The standard InChI is InChI=1S/C24H28N2O5/c1-16(2)29-12-13-30-23(27)21-17(3)25-24(28)26-22(21)19-10-7-11-20(14-19)31-15-18-8-5-4-6-9-18/h4-11,14,16,22H,12-13,15H2,1-3H3,(H2,25,26,28)/t22-/m1/s1. The molecule has 2 amide bonds. The SMILES string of the molecule is CC1=C(C(=O)OCCOC(C)C)[C@@H](c2cccc(OCc3ccccc3)c2)NC(=O)N1. The van der Waals surface area contributed by atoms with Gasteiger partial charge in [-0.3, -0.25) is 0 Å². The second kappa shape index (κ2) is 10.6. The van der Waals surface area contributed by atoms with Crippen LogP contribution in [-0.4, -0.2) is 31.3 Å². The van der Waals surface area contributed by atoms with Crippen molar-refractivity contribution < 1.29 is 23.8 Å². The van der Waals surface area contributed by atoms with Gasteiger partial charge in [-0.15, -0.1) is 0 Å². The molecule has 0 aliphatic carbocycles. The van der Waals surface area contributed by atoms with Crippen molar-refractivity contribution in [2.24, 2.45) is 0 Å². The number of hydrogen-bond donors (Lipinski definition) is 2. The Morgan fingerprint density at radius 1 is 1.06 bits per heavy atom. The fourth-order valence-corrected chi connectivity index (χ4v) is 3.24. The maximum Gasteiger partial charge on any atom is 0.338 e. The Morgan fingerprint density at radius 3 is 2.58 bits per heavy atom. The minimum Gasteiger partial charge on any atom is -0.489 e. The summed E-state index contributed by atoms with van der Waals surface area (Å²) in [7, 11) is 0. The lowest BCUT2D eigenvalue weighted by molar-refractivity contribution is -0.141. The van der Waals surface area contributed by atoms with Gasteiger partial charge in [-0.1, -0.05) is 42.5 Å². The van der Waals surface area contributed by atoms with Crippen molar-refractivity contribution in [1.29, 1.82) is 0 Å². The highest BCUT2D eigenvalue weighted by atomic mass is 16.6. The van der Waals surface area contributed by atoms with Crippen molar-refractivity contribution in [2.45, 2.75) is 39.5 Å². The van der Waals surface area contributed by atoms with E-state index in [0.717, 1.165) is 11.1 Å². The summed E-state index contributed by atoms with van der Waals surface area (Å²) in [5, 5.41) is 5.45. The van der Waals surface area contributed by atoms with Gasteiger partial charge in [0.2, 0.25) is 0 Å². The van der Waals surface area contributed by atoms with Gasteiger partial charge in [0.25, 0.3) is 0 Å². The Hall–Kier alpha value is -3.32. The van der Waals surface area contributed by atoms with Gasteiger partial charge < -0.3 is 24.8 Å². The Kier molecular flexibility index (Phi) is 7.67. The highest BCUT2D eigenvalue weighted by Crippen LogP contribution is 2.30. The Balaban J connectivity index is 1.74. The monoisotopic (exact) mass is 424 g/mol. The topological polar surface area (TPSA) is 85.9 Å². The molecular formula is C24H28N2O5. The molecule has 1 aliphatic heterocycles. The largest absolute Gasteiger partial charge is 0.489 e. The molecule has 0 spiro atoms. The molecule has 0 bridgehead atoms. The molecule has 2 aromatic rings. The fourth-order valence-electron chi connectivity index (χ4n) is 3.24. The second-order valence-corrected chi connectivity index (χ2v) is 7.47. The fraction of sp³-hybridized carbons (Fsp3) is 0.333. The van der Waals surface area contributed by atoms with Crippen molar-refractivity contribution in [1.82, 2.24) is 10.6 Å². The van der Waals surface area contributed by atoms with Crippen molar-refractivity contribution in [3.63, 3.8) is 0 Å². The molecule has 1 aliphatic rings. The Labute approximate surface area is 182 Å². The van der Waals surface area contributed by atoms with Gasteiger partial charge in [0.1, 0.15) is 19.0 Å². The molecule has 1 atom stereocenters. The Bertz CT molecular complexity index is 940. The molecule has 31 heavy (non-hydrogen) atoms. The first kappa shape index (κ1) is 22.4. The maximum absolute atomic E-state index is 12.8. The number of esters is 1. The number of allylic oxidation sites excluding steroid dienone is 1. The minimum atomic E-state index is -0.646. The number of nitrogens with one attached hydrogen (secondary N) is 2. The molecule has 7 nitrogen and oxygen atoms in total. The first-order valence-corrected chi connectivity index (χ1v) is 10.3. The number of ether oxygens (including phenoxy) is 3. The van der Waals surface area contributed by atoms with Gasteiger partial charge in [-0.2, -0.15) is 0 Å². The Morgan fingerprint density at radius 2 is 1.84 bits per heavy atom. The number of urea groups is 1. The molecule has 2 N–H and O–H groups in total. The maximum atomic E-state index is 12.8. The molecule has 0 radical (unpaired) electrons. The number of amides is 2. The van der Waals surface area contributed by atoms with Crippen LogP contribution in [-0.2, 0) is 20.9 Å². The molecule has 164 valence electrons. The van der Waals surface area contributed by atoms with Crippen molar-refractivity contribution in [3.8, 4) is 5.75 Å². The van der Waals surface area contributed by atoms with Crippen LogP contribution in [0.4, 0.5) is 4.79 Å². The van der Waals surface area contributed by atoms with Crippen LogP contribution >= 0.6 is 0 Å². The summed E-state index contributed by atoms with van der Waals surface area (Å²) in [6, 6.07) is 16.1. The van der Waals surface area contributed by atoms with Crippen molar-refractivity contribution in [3.05, 3.63) is 77.0 Å². The van der Waals surface area contributed by atoms with E-state index >= 15 is 0 Å². The third-order valence-corrected chi connectivity index (χ3v) is 4.70. The molecular weight excluding hydrogens is 396 g/mol. The van der Waals surface area contributed by atoms with Crippen LogP contribution in [0.25, 0.3) is 0 Å². The molecule has 0 unspecified atom stereocenters. The molecule has 0 aromatic heterocycles. The number of rotatable bonds is 9. The second-order valence-electron chi connectivity index (χ2n) is 7.47. The summed E-state index contributed by atoms with van der Waals surface area (Å²) in [4.78, 5) is 24.9. The van der Waals surface area contributed by atoms with Gasteiger partial charge in [-0.05, 0) is 44.0 Å². The van der Waals surface area contributed by atoms with E-state index in [4.69, 9.17) is 14.2 Å². The van der Waals surface area contributed by atoms with E-state index in [9.17, 15) is 9.59 Å². The molecule has 0 saturated carbocycles. The van der Waals surface area contributed by atoms with E-state index in [0.29, 0.717) is 30.2 Å². The van der Waals surface area contributed by atoms with E-state index < -0.39 is 12.0 Å². The zero-order valence-corrected chi connectivity index (χ0v) is 18.0. The zero-order valence-electron chi connectivity index (χ0n) is 18.0. The summed E-state index contributed by atoms with van der Waals surface area (Å²) in [6.45, 7) is 6.37. The third kappa shape index (κ3) is 6.33. The quantitative estimate of drug-likeness (QED) is 0.472. The number of hydrogen-bond acceptors (Lipinski definition) is 5. The van der Waals surface area contributed by atoms with Crippen LogP contribution in [0.2, 0.25) is 0 Å². The lowest BCUT2D eigenvalue weighted by atomic mass is 9.95.